The van der Waals surface area contributed by atoms with Gasteiger partial charge in [0.15, 0.2) is 0 Å². The summed E-state index contributed by atoms with van der Waals surface area (Å²) in [4.78, 5) is 32.2. The fourth-order valence-corrected chi connectivity index (χ4v) is 3.54. The van der Waals surface area contributed by atoms with Gasteiger partial charge in [-0.1, -0.05) is 25.7 Å². The first kappa shape index (κ1) is 19.4. The molecule has 1 aliphatic carbocycles. The lowest BCUT2D eigenvalue weighted by atomic mass is 10.1. The number of likely N-dealkylation sites (N-methyl/N-ethyl adjacent to an activating group) is 1. The molecule has 0 spiro atoms. The normalized spacial score (nSPS) is 15.4. The number of rotatable bonds is 7. The Bertz CT molecular complexity index is 539. The van der Waals surface area contributed by atoms with E-state index in [-0.39, 0.29) is 11.8 Å². The van der Waals surface area contributed by atoms with Crippen LogP contribution in [0.15, 0.2) is 24.5 Å². The molecule has 2 amide bonds. The van der Waals surface area contributed by atoms with Gasteiger partial charge >= 0.3 is 0 Å². The Balaban J connectivity index is 1.80. The van der Waals surface area contributed by atoms with Crippen LogP contribution in [0.1, 0.15) is 57.4 Å². The van der Waals surface area contributed by atoms with Crippen LogP contribution >= 0.6 is 0 Å². The largest absolute Gasteiger partial charge is 0.345 e. The zero-order valence-corrected chi connectivity index (χ0v) is 15.6. The molecule has 0 aromatic carbocycles. The molecule has 1 aliphatic rings. The second-order valence-electron chi connectivity index (χ2n) is 7.03. The minimum atomic E-state index is 0.0964. The van der Waals surface area contributed by atoms with Crippen LogP contribution in [-0.4, -0.2) is 52.8 Å². The average Bonchev–Trinajstić information content (AvgIpc) is 2.89. The van der Waals surface area contributed by atoms with Crippen molar-refractivity contribution in [2.45, 2.75) is 64.3 Å². The quantitative estimate of drug-likeness (QED) is 0.714. The number of nitrogens with zero attached hydrogens (tertiary/aromatic N) is 3. The van der Waals surface area contributed by atoms with Gasteiger partial charge in [0, 0.05) is 51.9 Å². The molecule has 0 N–H and O–H groups in total. The Morgan fingerprint density at radius 2 is 1.72 bits per heavy atom. The molecule has 5 heteroatoms. The molecule has 1 aromatic rings. The lowest BCUT2D eigenvalue weighted by molar-refractivity contribution is -0.134. The van der Waals surface area contributed by atoms with Crippen molar-refractivity contribution in [3.8, 4) is 0 Å². The van der Waals surface area contributed by atoms with Gasteiger partial charge in [-0.15, -0.1) is 0 Å². The highest BCUT2D eigenvalue weighted by Crippen LogP contribution is 2.22. The molecular weight excluding hydrogens is 314 g/mol. The van der Waals surface area contributed by atoms with E-state index in [4.69, 9.17) is 0 Å². The first-order valence-corrected chi connectivity index (χ1v) is 9.48. The summed E-state index contributed by atoms with van der Waals surface area (Å²) < 4.78 is 0. The number of hydrogen-bond acceptors (Lipinski definition) is 3. The van der Waals surface area contributed by atoms with Crippen molar-refractivity contribution in [2.24, 2.45) is 0 Å². The fourth-order valence-electron chi connectivity index (χ4n) is 3.54. The molecule has 1 fully saturated rings. The average molecular weight is 345 g/mol. The molecule has 1 heterocycles. The lowest BCUT2D eigenvalue weighted by Gasteiger charge is -2.30. The summed E-state index contributed by atoms with van der Waals surface area (Å²) in [5.41, 5.74) is 1.18. The van der Waals surface area contributed by atoms with E-state index < -0.39 is 0 Å². The summed E-state index contributed by atoms with van der Waals surface area (Å²) in [6.07, 6.45) is 11.8. The highest BCUT2D eigenvalue weighted by Gasteiger charge is 2.23. The van der Waals surface area contributed by atoms with Crippen LogP contribution in [0, 0.1) is 0 Å². The lowest BCUT2D eigenvalue weighted by Crippen LogP contribution is -2.41. The highest BCUT2D eigenvalue weighted by molar-refractivity contribution is 5.78. The van der Waals surface area contributed by atoms with Gasteiger partial charge in [0.25, 0.3) is 0 Å². The maximum absolute atomic E-state index is 12.4. The summed E-state index contributed by atoms with van der Waals surface area (Å²) in [6.45, 7) is 2.85. The maximum atomic E-state index is 12.4. The van der Waals surface area contributed by atoms with E-state index in [1.807, 2.05) is 24.1 Å². The van der Waals surface area contributed by atoms with Crippen molar-refractivity contribution in [1.29, 1.82) is 0 Å². The summed E-state index contributed by atoms with van der Waals surface area (Å²) in [5, 5.41) is 0. The summed E-state index contributed by atoms with van der Waals surface area (Å²) in [7, 11) is 1.84. The highest BCUT2D eigenvalue weighted by atomic mass is 16.2. The number of amides is 2. The SMILES string of the molecule is CC(=O)N(CCC(=O)N(C)CCc1ccncc1)C1CCCCCC1. The van der Waals surface area contributed by atoms with Crippen LogP contribution in [0.25, 0.3) is 0 Å². The number of aromatic nitrogens is 1. The van der Waals surface area contributed by atoms with Crippen LogP contribution < -0.4 is 0 Å². The van der Waals surface area contributed by atoms with Crippen LogP contribution in [0.5, 0.6) is 0 Å². The van der Waals surface area contributed by atoms with E-state index in [9.17, 15) is 9.59 Å². The van der Waals surface area contributed by atoms with Gasteiger partial charge in [0.05, 0.1) is 0 Å². The zero-order valence-electron chi connectivity index (χ0n) is 15.6. The van der Waals surface area contributed by atoms with Crippen LogP contribution in [0.2, 0.25) is 0 Å². The third-order valence-electron chi connectivity index (χ3n) is 5.15. The molecule has 25 heavy (non-hydrogen) atoms. The van der Waals surface area contributed by atoms with Gasteiger partial charge < -0.3 is 9.80 Å². The summed E-state index contributed by atoms with van der Waals surface area (Å²) in [5.74, 6) is 0.202. The van der Waals surface area contributed by atoms with Gasteiger partial charge in [-0.05, 0) is 37.0 Å². The maximum Gasteiger partial charge on any atom is 0.224 e. The Morgan fingerprint density at radius 3 is 2.32 bits per heavy atom. The van der Waals surface area contributed by atoms with Crippen molar-refractivity contribution in [1.82, 2.24) is 14.8 Å². The Morgan fingerprint density at radius 1 is 1.08 bits per heavy atom. The predicted octanol–water partition coefficient (Wildman–Crippen LogP) is 3.04. The number of carbonyl (C=O) groups is 2. The van der Waals surface area contributed by atoms with Gasteiger partial charge in [-0.25, -0.2) is 0 Å². The minimum absolute atomic E-state index is 0.0964. The van der Waals surface area contributed by atoms with E-state index in [0.29, 0.717) is 25.6 Å². The van der Waals surface area contributed by atoms with Crippen LogP contribution in [0.3, 0.4) is 0 Å². The Kier molecular flexibility index (Phi) is 7.89. The fraction of sp³-hybridized carbons (Fsp3) is 0.650. The molecule has 0 bridgehead atoms. The number of pyridine rings is 1. The van der Waals surface area contributed by atoms with Crippen molar-refractivity contribution < 1.29 is 9.59 Å². The zero-order chi connectivity index (χ0) is 18.1. The molecule has 1 saturated carbocycles. The van der Waals surface area contributed by atoms with Gasteiger partial charge in [0.1, 0.15) is 0 Å². The van der Waals surface area contributed by atoms with Gasteiger partial charge in [-0.2, -0.15) is 0 Å². The molecule has 138 valence electrons. The third kappa shape index (κ3) is 6.48. The van der Waals surface area contributed by atoms with E-state index in [1.54, 1.807) is 24.2 Å². The minimum Gasteiger partial charge on any atom is -0.345 e. The Hall–Kier alpha value is -1.91. The van der Waals surface area contributed by atoms with E-state index in [1.165, 1.54) is 31.2 Å². The summed E-state index contributed by atoms with van der Waals surface area (Å²) >= 11 is 0. The van der Waals surface area contributed by atoms with E-state index in [2.05, 4.69) is 4.98 Å². The van der Waals surface area contributed by atoms with Crippen LogP contribution in [0.4, 0.5) is 0 Å². The van der Waals surface area contributed by atoms with Crippen molar-refractivity contribution >= 4 is 11.8 Å². The van der Waals surface area contributed by atoms with Crippen molar-refractivity contribution in [3.05, 3.63) is 30.1 Å². The Labute approximate surface area is 151 Å². The van der Waals surface area contributed by atoms with Crippen LogP contribution in [-0.2, 0) is 16.0 Å². The van der Waals surface area contributed by atoms with Crippen molar-refractivity contribution in [3.63, 3.8) is 0 Å². The number of hydrogen-bond donors (Lipinski definition) is 0. The first-order valence-electron chi connectivity index (χ1n) is 9.48. The molecule has 5 nitrogen and oxygen atoms in total. The van der Waals surface area contributed by atoms with E-state index in [0.717, 1.165) is 19.3 Å². The topological polar surface area (TPSA) is 53.5 Å². The predicted molar refractivity (Wildman–Crippen MR) is 99.1 cm³/mol. The summed E-state index contributed by atoms with van der Waals surface area (Å²) in [6, 6.07) is 4.26. The van der Waals surface area contributed by atoms with Gasteiger partial charge in [0.2, 0.25) is 11.8 Å². The van der Waals surface area contributed by atoms with Gasteiger partial charge in [-0.3, -0.25) is 14.6 Å². The molecule has 2 rings (SSSR count). The molecule has 0 radical (unpaired) electrons. The molecular formula is C20H31N3O2. The van der Waals surface area contributed by atoms with Crippen molar-refractivity contribution in [2.75, 3.05) is 20.1 Å². The second kappa shape index (κ2) is 10.2. The smallest absolute Gasteiger partial charge is 0.224 e. The monoisotopic (exact) mass is 345 g/mol. The second-order valence-corrected chi connectivity index (χ2v) is 7.03. The third-order valence-corrected chi connectivity index (χ3v) is 5.15. The molecule has 0 saturated heterocycles. The first-order chi connectivity index (χ1) is 12.1. The standard InChI is InChI=1S/C20H31N3O2/c1-17(24)23(19-7-5-3-4-6-8-19)16-12-20(25)22(2)15-11-18-9-13-21-14-10-18/h9-10,13-14,19H,3-8,11-12,15-16H2,1-2H3. The van der Waals surface area contributed by atoms with E-state index >= 15 is 0 Å². The molecule has 0 atom stereocenters. The molecule has 0 unspecified atom stereocenters. The number of carbonyl (C=O) groups excluding carboxylic acids is 2. The molecule has 0 aliphatic heterocycles. The molecule has 1 aromatic heterocycles.